The molecule has 0 spiro atoms. The van der Waals surface area contributed by atoms with Gasteiger partial charge in [0, 0.05) is 11.1 Å². The van der Waals surface area contributed by atoms with Crippen LogP contribution < -0.4 is 0 Å². The third-order valence-electron chi connectivity index (χ3n) is 2.13. The first-order valence-corrected chi connectivity index (χ1v) is 5.41. The molecule has 5 heteroatoms. The van der Waals surface area contributed by atoms with Crippen molar-refractivity contribution < 1.29 is 14.1 Å². The molecule has 1 aromatic carbocycles. The number of esters is 1. The number of nitrogens with zero attached hydrogens (tertiary/aromatic N) is 1. The number of ether oxygens (including phenoxy) is 1. The number of carbonyl (C=O) groups excluding carboxylic acids is 1. The standard InChI is InChI=1S/C12H10ClNO3/c13-10-3-1-9(2-4-10)8-16-12(15)7-11-5-6-17-14-11/h1-6H,7-8H2. The maximum atomic E-state index is 11.4. The Balaban J connectivity index is 1.82. The second kappa shape index (κ2) is 5.50. The number of aromatic nitrogens is 1. The molecule has 0 unspecified atom stereocenters. The summed E-state index contributed by atoms with van der Waals surface area (Å²) < 4.78 is 9.70. The van der Waals surface area contributed by atoms with Gasteiger partial charge in [-0.1, -0.05) is 28.9 Å². The number of hydrogen-bond donors (Lipinski definition) is 0. The van der Waals surface area contributed by atoms with Crippen molar-refractivity contribution in [2.45, 2.75) is 13.0 Å². The lowest BCUT2D eigenvalue weighted by Gasteiger charge is -2.03. The summed E-state index contributed by atoms with van der Waals surface area (Å²) in [4.78, 5) is 11.4. The second-order valence-corrected chi connectivity index (χ2v) is 3.89. The Hall–Kier alpha value is -1.81. The molecule has 4 nitrogen and oxygen atoms in total. The van der Waals surface area contributed by atoms with Crippen LogP contribution in [0.15, 0.2) is 41.1 Å². The maximum absolute atomic E-state index is 11.4. The van der Waals surface area contributed by atoms with Gasteiger partial charge in [-0.2, -0.15) is 0 Å². The van der Waals surface area contributed by atoms with Gasteiger partial charge in [-0.25, -0.2) is 0 Å². The fraction of sp³-hybridized carbons (Fsp3) is 0.167. The van der Waals surface area contributed by atoms with E-state index in [1.807, 2.05) is 12.1 Å². The Morgan fingerprint density at radius 2 is 2.06 bits per heavy atom. The predicted octanol–water partition coefficient (Wildman–Crippen LogP) is 2.61. The summed E-state index contributed by atoms with van der Waals surface area (Å²) in [5.74, 6) is -0.339. The highest BCUT2D eigenvalue weighted by Crippen LogP contribution is 2.10. The van der Waals surface area contributed by atoms with Crippen LogP contribution in [0.4, 0.5) is 0 Å². The van der Waals surface area contributed by atoms with E-state index in [0.717, 1.165) is 5.56 Å². The van der Waals surface area contributed by atoms with Crippen LogP contribution in [0.3, 0.4) is 0 Å². The van der Waals surface area contributed by atoms with Crippen molar-refractivity contribution in [2.75, 3.05) is 0 Å². The summed E-state index contributed by atoms with van der Waals surface area (Å²) in [5.41, 5.74) is 1.45. The van der Waals surface area contributed by atoms with Gasteiger partial charge in [0.25, 0.3) is 0 Å². The molecule has 0 bridgehead atoms. The third-order valence-corrected chi connectivity index (χ3v) is 2.38. The first kappa shape index (κ1) is 11.7. The quantitative estimate of drug-likeness (QED) is 0.784. The summed E-state index contributed by atoms with van der Waals surface area (Å²) in [6.07, 6.45) is 1.53. The molecule has 1 aromatic heterocycles. The van der Waals surface area contributed by atoms with Gasteiger partial charge in [0.1, 0.15) is 12.9 Å². The first-order valence-electron chi connectivity index (χ1n) is 5.03. The average molecular weight is 252 g/mol. The van der Waals surface area contributed by atoms with E-state index in [0.29, 0.717) is 10.7 Å². The van der Waals surface area contributed by atoms with Gasteiger partial charge >= 0.3 is 5.97 Å². The molecule has 0 saturated heterocycles. The van der Waals surface area contributed by atoms with Crippen LogP contribution in [0, 0.1) is 0 Å². The maximum Gasteiger partial charge on any atom is 0.312 e. The number of carbonyl (C=O) groups is 1. The van der Waals surface area contributed by atoms with Crippen molar-refractivity contribution >= 4 is 17.6 Å². The zero-order chi connectivity index (χ0) is 12.1. The van der Waals surface area contributed by atoms with Gasteiger partial charge in [0.05, 0.1) is 12.1 Å². The van der Waals surface area contributed by atoms with Crippen molar-refractivity contribution in [1.82, 2.24) is 5.16 Å². The minimum Gasteiger partial charge on any atom is -0.461 e. The molecule has 2 aromatic rings. The van der Waals surface area contributed by atoms with Gasteiger partial charge in [-0.15, -0.1) is 0 Å². The fourth-order valence-corrected chi connectivity index (χ4v) is 1.40. The van der Waals surface area contributed by atoms with Gasteiger partial charge in [-0.3, -0.25) is 4.79 Å². The van der Waals surface area contributed by atoms with Crippen LogP contribution in [0.25, 0.3) is 0 Å². The normalized spacial score (nSPS) is 10.2. The van der Waals surface area contributed by atoms with Gasteiger partial charge in [-0.05, 0) is 17.7 Å². The highest BCUT2D eigenvalue weighted by Gasteiger charge is 2.07. The Labute approximate surface area is 103 Å². The third kappa shape index (κ3) is 3.60. The van der Waals surface area contributed by atoms with Crippen molar-refractivity contribution in [3.63, 3.8) is 0 Å². The molecule has 0 aliphatic heterocycles. The summed E-state index contributed by atoms with van der Waals surface area (Å²) in [6.45, 7) is 0.230. The van der Waals surface area contributed by atoms with E-state index in [-0.39, 0.29) is 19.0 Å². The molecule has 0 saturated carbocycles. The molecule has 88 valence electrons. The highest BCUT2D eigenvalue weighted by atomic mass is 35.5. The molecule has 0 N–H and O–H groups in total. The molecular weight excluding hydrogens is 242 g/mol. The Kier molecular flexibility index (Phi) is 3.77. The van der Waals surface area contributed by atoms with Crippen molar-refractivity contribution in [3.8, 4) is 0 Å². The van der Waals surface area contributed by atoms with Crippen LogP contribution in [0.2, 0.25) is 5.02 Å². The molecule has 0 amide bonds. The number of benzene rings is 1. The number of hydrogen-bond acceptors (Lipinski definition) is 4. The monoisotopic (exact) mass is 251 g/mol. The van der Waals surface area contributed by atoms with Gasteiger partial charge in [0.15, 0.2) is 0 Å². The minimum absolute atomic E-state index is 0.115. The lowest BCUT2D eigenvalue weighted by Crippen LogP contribution is -2.08. The number of rotatable bonds is 4. The molecule has 0 radical (unpaired) electrons. The lowest BCUT2D eigenvalue weighted by molar-refractivity contribution is -0.144. The van der Waals surface area contributed by atoms with E-state index in [1.54, 1.807) is 18.2 Å². The van der Waals surface area contributed by atoms with Crippen LogP contribution in [0.1, 0.15) is 11.3 Å². The van der Waals surface area contributed by atoms with Crippen LogP contribution in [-0.2, 0) is 22.6 Å². The number of halogens is 1. The topological polar surface area (TPSA) is 52.3 Å². The highest BCUT2D eigenvalue weighted by molar-refractivity contribution is 6.30. The summed E-state index contributed by atoms with van der Waals surface area (Å²) in [6, 6.07) is 8.76. The zero-order valence-electron chi connectivity index (χ0n) is 8.93. The average Bonchev–Trinajstić information content (AvgIpc) is 2.81. The van der Waals surface area contributed by atoms with E-state index in [2.05, 4.69) is 9.68 Å². The van der Waals surface area contributed by atoms with Crippen molar-refractivity contribution in [1.29, 1.82) is 0 Å². The molecule has 2 rings (SSSR count). The Morgan fingerprint density at radius 3 is 2.71 bits per heavy atom. The van der Waals surface area contributed by atoms with E-state index in [1.165, 1.54) is 6.26 Å². The van der Waals surface area contributed by atoms with Crippen LogP contribution in [-0.4, -0.2) is 11.1 Å². The molecule has 0 atom stereocenters. The molecule has 0 aliphatic carbocycles. The summed E-state index contributed by atoms with van der Waals surface area (Å²) in [7, 11) is 0. The Bertz CT molecular complexity index is 479. The molecule has 1 heterocycles. The molecule has 0 aliphatic rings. The Morgan fingerprint density at radius 1 is 1.29 bits per heavy atom. The van der Waals surface area contributed by atoms with Gasteiger partial charge in [0.2, 0.25) is 0 Å². The molecule has 17 heavy (non-hydrogen) atoms. The van der Waals surface area contributed by atoms with Crippen LogP contribution >= 0.6 is 11.6 Å². The van der Waals surface area contributed by atoms with Crippen molar-refractivity contribution in [2.24, 2.45) is 0 Å². The van der Waals surface area contributed by atoms with Crippen LogP contribution in [0.5, 0.6) is 0 Å². The van der Waals surface area contributed by atoms with E-state index in [4.69, 9.17) is 16.3 Å². The zero-order valence-corrected chi connectivity index (χ0v) is 9.68. The lowest BCUT2D eigenvalue weighted by atomic mass is 10.2. The van der Waals surface area contributed by atoms with E-state index < -0.39 is 0 Å². The van der Waals surface area contributed by atoms with Crippen molar-refractivity contribution in [3.05, 3.63) is 52.9 Å². The first-order chi connectivity index (χ1) is 8.24. The largest absolute Gasteiger partial charge is 0.461 e. The summed E-state index contributed by atoms with van der Waals surface area (Å²) in [5, 5.41) is 4.28. The SMILES string of the molecule is O=C(Cc1ccon1)OCc1ccc(Cl)cc1. The molecular formula is C12H10ClNO3. The predicted molar refractivity (Wildman–Crippen MR) is 61.5 cm³/mol. The fourth-order valence-electron chi connectivity index (χ4n) is 1.27. The summed E-state index contributed by atoms with van der Waals surface area (Å²) >= 11 is 5.74. The smallest absolute Gasteiger partial charge is 0.312 e. The molecule has 0 fully saturated rings. The van der Waals surface area contributed by atoms with Gasteiger partial charge < -0.3 is 9.26 Å². The second-order valence-electron chi connectivity index (χ2n) is 3.45. The van der Waals surface area contributed by atoms with E-state index in [9.17, 15) is 4.79 Å². The minimum atomic E-state index is -0.339. The van der Waals surface area contributed by atoms with E-state index >= 15 is 0 Å².